The van der Waals surface area contributed by atoms with Crippen LogP contribution in [-0.4, -0.2) is 16.1 Å². The third-order valence-corrected chi connectivity index (χ3v) is 2.89. The maximum atomic E-state index is 13.0. The summed E-state index contributed by atoms with van der Waals surface area (Å²) in [7, 11) is 0. The van der Waals surface area contributed by atoms with Gasteiger partial charge in [0.25, 0.3) is 0 Å². The van der Waals surface area contributed by atoms with E-state index < -0.39 is 11.6 Å². The Labute approximate surface area is 111 Å². The average Bonchev–Trinajstić information content (AvgIpc) is 2.91. The quantitative estimate of drug-likeness (QED) is 0.780. The molecule has 1 aromatic carbocycles. The van der Waals surface area contributed by atoms with Gasteiger partial charge < -0.3 is 9.88 Å². The summed E-state index contributed by atoms with van der Waals surface area (Å²) in [4.78, 5) is 3.97. The fourth-order valence-electron chi connectivity index (χ4n) is 1.85. The highest BCUT2D eigenvalue weighted by Gasteiger charge is 2.01. The third-order valence-electron chi connectivity index (χ3n) is 2.89. The second-order valence-electron chi connectivity index (χ2n) is 4.43. The maximum absolute atomic E-state index is 13.0. The molecule has 0 aliphatic carbocycles. The molecule has 5 heteroatoms. The lowest BCUT2D eigenvalue weighted by Gasteiger charge is -2.06. The Morgan fingerprint density at radius 3 is 2.79 bits per heavy atom. The van der Waals surface area contributed by atoms with Crippen LogP contribution in [-0.2, 0) is 13.1 Å². The smallest absolute Gasteiger partial charge is 0.159 e. The lowest BCUT2D eigenvalue weighted by Crippen LogP contribution is -2.15. The Bertz CT molecular complexity index is 497. The van der Waals surface area contributed by atoms with Crippen molar-refractivity contribution in [3.05, 3.63) is 54.1 Å². The number of unbranched alkanes of at least 4 members (excludes halogenated alkanes) is 1. The second-order valence-corrected chi connectivity index (χ2v) is 4.43. The summed E-state index contributed by atoms with van der Waals surface area (Å²) in [6.45, 7) is 2.36. The fraction of sp³-hybridized carbons (Fsp3) is 0.357. The molecule has 3 nitrogen and oxygen atoms in total. The molecule has 102 valence electrons. The van der Waals surface area contributed by atoms with Crippen molar-refractivity contribution >= 4 is 0 Å². The molecule has 0 spiro atoms. The first-order chi connectivity index (χ1) is 9.25. The van der Waals surface area contributed by atoms with E-state index in [0.717, 1.165) is 37.6 Å². The molecule has 0 bridgehead atoms. The van der Waals surface area contributed by atoms with Crippen LogP contribution in [0.1, 0.15) is 18.4 Å². The number of nitrogens with zero attached hydrogens (tertiary/aromatic N) is 2. The van der Waals surface area contributed by atoms with Gasteiger partial charge in [0.05, 0.1) is 6.33 Å². The standard InChI is InChI=1S/C14H17F2N3/c15-13-4-3-12(9-14(13)16)10-17-5-1-2-7-19-8-6-18-11-19/h3-4,6,8-9,11,17H,1-2,5,7,10H2. The van der Waals surface area contributed by atoms with E-state index in [1.165, 1.54) is 6.07 Å². The molecule has 0 saturated heterocycles. The minimum absolute atomic E-state index is 0.558. The number of rotatable bonds is 7. The van der Waals surface area contributed by atoms with Crippen LogP contribution in [0, 0.1) is 11.6 Å². The van der Waals surface area contributed by atoms with E-state index >= 15 is 0 Å². The monoisotopic (exact) mass is 265 g/mol. The Balaban J connectivity index is 1.60. The summed E-state index contributed by atoms with van der Waals surface area (Å²) in [5, 5.41) is 3.21. The van der Waals surface area contributed by atoms with Crippen molar-refractivity contribution in [3.8, 4) is 0 Å². The van der Waals surface area contributed by atoms with Crippen molar-refractivity contribution in [2.45, 2.75) is 25.9 Å². The highest BCUT2D eigenvalue weighted by Crippen LogP contribution is 2.08. The molecule has 0 saturated carbocycles. The van der Waals surface area contributed by atoms with E-state index in [2.05, 4.69) is 10.3 Å². The maximum Gasteiger partial charge on any atom is 0.159 e. The molecule has 0 radical (unpaired) electrons. The van der Waals surface area contributed by atoms with Gasteiger partial charge in [-0.25, -0.2) is 13.8 Å². The average molecular weight is 265 g/mol. The van der Waals surface area contributed by atoms with Gasteiger partial charge in [-0.1, -0.05) is 6.07 Å². The molecule has 0 aliphatic rings. The summed E-state index contributed by atoms with van der Waals surface area (Å²) < 4.78 is 27.7. The van der Waals surface area contributed by atoms with Crippen LogP contribution in [0.15, 0.2) is 36.9 Å². The van der Waals surface area contributed by atoms with E-state index in [1.807, 2.05) is 10.8 Å². The molecule has 0 atom stereocenters. The van der Waals surface area contributed by atoms with Gasteiger partial charge >= 0.3 is 0 Å². The van der Waals surface area contributed by atoms with Crippen molar-refractivity contribution in [1.29, 1.82) is 0 Å². The van der Waals surface area contributed by atoms with Gasteiger partial charge in [0.2, 0.25) is 0 Å². The number of halogens is 2. The van der Waals surface area contributed by atoms with Gasteiger partial charge in [0.15, 0.2) is 11.6 Å². The number of benzene rings is 1. The molecule has 1 N–H and O–H groups in total. The number of aryl methyl sites for hydroxylation is 1. The Kier molecular flexibility index (Phi) is 5.03. The van der Waals surface area contributed by atoms with Crippen LogP contribution in [0.2, 0.25) is 0 Å². The fourth-order valence-corrected chi connectivity index (χ4v) is 1.85. The molecule has 0 aliphatic heterocycles. The zero-order valence-electron chi connectivity index (χ0n) is 10.6. The number of hydrogen-bond acceptors (Lipinski definition) is 2. The van der Waals surface area contributed by atoms with Crippen LogP contribution < -0.4 is 5.32 Å². The Hall–Kier alpha value is -1.75. The van der Waals surface area contributed by atoms with Gasteiger partial charge in [-0.15, -0.1) is 0 Å². The zero-order chi connectivity index (χ0) is 13.5. The van der Waals surface area contributed by atoms with E-state index in [0.29, 0.717) is 6.54 Å². The summed E-state index contributed by atoms with van der Waals surface area (Å²) in [6.07, 6.45) is 7.59. The van der Waals surface area contributed by atoms with Crippen molar-refractivity contribution in [3.63, 3.8) is 0 Å². The summed E-state index contributed by atoms with van der Waals surface area (Å²) >= 11 is 0. The molecular weight excluding hydrogens is 248 g/mol. The zero-order valence-corrected chi connectivity index (χ0v) is 10.6. The van der Waals surface area contributed by atoms with Crippen molar-refractivity contribution < 1.29 is 8.78 Å². The number of hydrogen-bond donors (Lipinski definition) is 1. The van der Waals surface area contributed by atoms with Crippen molar-refractivity contribution in [2.75, 3.05) is 6.54 Å². The van der Waals surface area contributed by atoms with Gasteiger partial charge in [0, 0.05) is 25.5 Å². The largest absolute Gasteiger partial charge is 0.337 e. The highest BCUT2D eigenvalue weighted by atomic mass is 19.2. The van der Waals surface area contributed by atoms with Crippen LogP contribution in [0.25, 0.3) is 0 Å². The van der Waals surface area contributed by atoms with Crippen LogP contribution in [0.5, 0.6) is 0 Å². The molecule has 19 heavy (non-hydrogen) atoms. The second kappa shape index (κ2) is 6.99. The lowest BCUT2D eigenvalue weighted by molar-refractivity contribution is 0.505. The first-order valence-electron chi connectivity index (χ1n) is 6.36. The molecule has 2 rings (SSSR count). The molecule has 0 amide bonds. The highest BCUT2D eigenvalue weighted by molar-refractivity contribution is 5.17. The molecule has 1 heterocycles. The Morgan fingerprint density at radius 2 is 2.05 bits per heavy atom. The van der Waals surface area contributed by atoms with Gasteiger partial charge in [0.1, 0.15) is 0 Å². The number of imidazole rings is 1. The molecular formula is C14H17F2N3. The minimum Gasteiger partial charge on any atom is -0.337 e. The summed E-state index contributed by atoms with van der Waals surface area (Å²) in [6, 6.07) is 3.98. The van der Waals surface area contributed by atoms with Gasteiger partial charge in [-0.2, -0.15) is 0 Å². The van der Waals surface area contributed by atoms with Crippen molar-refractivity contribution in [2.24, 2.45) is 0 Å². The summed E-state index contributed by atoms with van der Waals surface area (Å²) in [5.74, 6) is -1.59. The van der Waals surface area contributed by atoms with E-state index in [-0.39, 0.29) is 0 Å². The van der Waals surface area contributed by atoms with E-state index in [1.54, 1.807) is 18.6 Å². The number of nitrogens with one attached hydrogen (secondary N) is 1. The molecule has 0 unspecified atom stereocenters. The van der Waals surface area contributed by atoms with E-state index in [9.17, 15) is 8.78 Å². The predicted octanol–water partition coefficient (Wildman–Crippen LogP) is 2.73. The van der Waals surface area contributed by atoms with Crippen molar-refractivity contribution in [1.82, 2.24) is 14.9 Å². The SMILES string of the molecule is Fc1ccc(CNCCCCn2ccnc2)cc1F. The lowest BCUT2D eigenvalue weighted by atomic mass is 10.2. The normalized spacial score (nSPS) is 10.8. The topological polar surface area (TPSA) is 29.9 Å². The molecule has 1 aromatic heterocycles. The number of aromatic nitrogens is 2. The predicted molar refractivity (Wildman–Crippen MR) is 69.5 cm³/mol. The van der Waals surface area contributed by atoms with Crippen LogP contribution in [0.3, 0.4) is 0 Å². The van der Waals surface area contributed by atoms with Crippen LogP contribution >= 0.6 is 0 Å². The van der Waals surface area contributed by atoms with Gasteiger partial charge in [-0.05, 0) is 37.1 Å². The third kappa shape index (κ3) is 4.44. The molecule has 2 aromatic rings. The first kappa shape index (κ1) is 13.7. The molecule has 0 fully saturated rings. The Morgan fingerprint density at radius 1 is 1.16 bits per heavy atom. The van der Waals surface area contributed by atoms with Crippen LogP contribution in [0.4, 0.5) is 8.78 Å². The summed E-state index contributed by atoms with van der Waals surface area (Å²) in [5.41, 5.74) is 0.758. The minimum atomic E-state index is -0.802. The van der Waals surface area contributed by atoms with E-state index in [4.69, 9.17) is 0 Å². The first-order valence-corrected chi connectivity index (χ1v) is 6.36. The van der Waals surface area contributed by atoms with Gasteiger partial charge in [-0.3, -0.25) is 0 Å².